The predicted octanol–water partition coefficient (Wildman–Crippen LogP) is 3.86. The van der Waals surface area contributed by atoms with Crippen molar-refractivity contribution in [3.05, 3.63) is 53.4 Å². The fourth-order valence-electron chi connectivity index (χ4n) is 3.83. The third-order valence-electron chi connectivity index (χ3n) is 5.22. The van der Waals surface area contributed by atoms with Crippen LogP contribution >= 0.6 is 0 Å². The fourth-order valence-corrected chi connectivity index (χ4v) is 3.83. The van der Waals surface area contributed by atoms with E-state index in [1.54, 1.807) is 11.0 Å². The van der Waals surface area contributed by atoms with Gasteiger partial charge in [-0.05, 0) is 49.8 Å². The second-order valence-electron chi connectivity index (χ2n) is 8.17. The number of amides is 1. The monoisotopic (exact) mass is 369 g/mol. The summed E-state index contributed by atoms with van der Waals surface area (Å²) in [6.07, 6.45) is 3.57. The molecule has 1 fully saturated rings. The van der Waals surface area contributed by atoms with Crippen molar-refractivity contribution in [2.45, 2.75) is 39.7 Å². The van der Waals surface area contributed by atoms with Gasteiger partial charge in [0.15, 0.2) is 11.5 Å². The molecule has 1 aromatic carbocycles. The molecule has 1 saturated heterocycles. The van der Waals surface area contributed by atoms with Gasteiger partial charge >= 0.3 is 0 Å². The van der Waals surface area contributed by atoms with Crippen molar-refractivity contribution in [1.82, 2.24) is 15.0 Å². The number of hydrogen-bond acceptors (Lipinski definition) is 4. The Balaban J connectivity index is 1.47. The second kappa shape index (κ2) is 9.18. The standard InChI is InChI=1S/C22H31N3O2/c1-17(2)15-24(3)22(26)21-14-20(27-23-21)16-25-11-9-19(10-12-25)13-18-7-5-4-6-8-18/h4-8,14,17,19H,9-13,15-16H2,1-3H3. The molecular weight excluding hydrogens is 338 g/mol. The lowest BCUT2D eigenvalue weighted by Crippen LogP contribution is -2.33. The molecule has 3 rings (SSSR count). The fraction of sp³-hybridized carbons (Fsp3) is 0.545. The first-order chi connectivity index (χ1) is 13.0. The maximum absolute atomic E-state index is 12.4. The molecule has 0 radical (unpaired) electrons. The molecule has 2 heterocycles. The van der Waals surface area contributed by atoms with Crippen LogP contribution in [-0.2, 0) is 13.0 Å². The molecule has 0 atom stereocenters. The lowest BCUT2D eigenvalue weighted by Gasteiger charge is -2.31. The molecule has 27 heavy (non-hydrogen) atoms. The van der Waals surface area contributed by atoms with Crippen LogP contribution in [-0.4, -0.2) is 47.5 Å². The predicted molar refractivity (Wildman–Crippen MR) is 106 cm³/mol. The van der Waals surface area contributed by atoms with E-state index in [-0.39, 0.29) is 5.91 Å². The van der Waals surface area contributed by atoms with Crippen molar-refractivity contribution >= 4 is 5.91 Å². The summed E-state index contributed by atoms with van der Waals surface area (Å²) in [7, 11) is 1.81. The minimum atomic E-state index is -0.0692. The third-order valence-corrected chi connectivity index (χ3v) is 5.22. The normalized spacial score (nSPS) is 16.0. The van der Waals surface area contributed by atoms with Crippen molar-refractivity contribution in [2.24, 2.45) is 11.8 Å². The molecule has 0 unspecified atom stereocenters. The maximum Gasteiger partial charge on any atom is 0.275 e. The second-order valence-corrected chi connectivity index (χ2v) is 8.17. The van der Waals surface area contributed by atoms with Gasteiger partial charge in [-0.15, -0.1) is 0 Å². The average molecular weight is 370 g/mol. The summed E-state index contributed by atoms with van der Waals surface area (Å²) in [6, 6.07) is 12.5. The van der Waals surface area contributed by atoms with Crippen LogP contribution in [0.3, 0.4) is 0 Å². The van der Waals surface area contributed by atoms with Crippen molar-refractivity contribution in [3.63, 3.8) is 0 Å². The molecule has 0 N–H and O–H groups in total. The van der Waals surface area contributed by atoms with Crippen LogP contribution in [0, 0.1) is 11.8 Å². The molecular formula is C22H31N3O2. The van der Waals surface area contributed by atoms with E-state index >= 15 is 0 Å². The molecule has 0 bridgehead atoms. The quantitative estimate of drug-likeness (QED) is 0.744. The van der Waals surface area contributed by atoms with E-state index < -0.39 is 0 Å². The van der Waals surface area contributed by atoms with E-state index in [0.717, 1.165) is 44.3 Å². The van der Waals surface area contributed by atoms with Crippen LogP contribution in [0.25, 0.3) is 0 Å². The first kappa shape index (κ1) is 19.6. The highest BCUT2D eigenvalue weighted by atomic mass is 16.5. The Morgan fingerprint density at radius 3 is 2.63 bits per heavy atom. The molecule has 0 spiro atoms. The van der Waals surface area contributed by atoms with Crippen LogP contribution in [0.5, 0.6) is 0 Å². The summed E-state index contributed by atoms with van der Waals surface area (Å²) >= 11 is 0. The number of carbonyl (C=O) groups is 1. The maximum atomic E-state index is 12.4. The Labute approximate surface area is 162 Å². The average Bonchev–Trinajstić information content (AvgIpc) is 3.11. The summed E-state index contributed by atoms with van der Waals surface area (Å²) < 4.78 is 5.43. The molecule has 1 aliphatic heterocycles. The lowest BCUT2D eigenvalue weighted by atomic mass is 9.90. The Kier molecular flexibility index (Phi) is 6.67. The molecule has 1 aliphatic rings. The highest BCUT2D eigenvalue weighted by Crippen LogP contribution is 2.23. The number of piperidine rings is 1. The third kappa shape index (κ3) is 5.67. The van der Waals surface area contributed by atoms with Gasteiger partial charge in [0, 0.05) is 19.7 Å². The van der Waals surface area contributed by atoms with Gasteiger partial charge in [-0.25, -0.2) is 0 Å². The SMILES string of the molecule is CC(C)CN(C)C(=O)c1cc(CN2CCC(Cc3ccccc3)CC2)on1. The smallest absolute Gasteiger partial charge is 0.275 e. The van der Waals surface area contributed by atoms with Gasteiger partial charge in [-0.1, -0.05) is 49.3 Å². The first-order valence-electron chi connectivity index (χ1n) is 9.98. The van der Waals surface area contributed by atoms with Gasteiger partial charge in [-0.2, -0.15) is 0 Å². The van der Waals surface area contributed by atoms with E-state index in [0.29, 0.717) is 11.6 Å². The van der Waals surface area contributed by atoms with Crippen LogP contribution in [0.4, 0.5) is 0 Å². The van der Waals surface area contributed by atoms with E-state index in [1.165, 1.54) is 18.4 Å². The highest BCUT2D eigenvalue weighted by molar-refractivity contribution is 5.92. The van der Waals surface area contributed by atoms with Crippen molar-refractivity contribution in [1.29, 1.82) is 0 Å². The van der Waals surface area contributed by atoms with Crippen LogP contribution in [0.2, 0.25) is 0 Å². The number of nitrogens with zero attached hydrogens (tertiary/aromatic N) is 3. The zero-order valence-corrected chi connectivity index (χ0v) is 16.7. The summed E-state index contributed by atoms with van der Waals surface area (Å²) in [5.41, 5.74) is 1.84. The molecule has 1 amide bonds. The molecule has 0 saturated carbocycles. The summed E-state index contributed by atoms with van der Waals surface area (Å²) in [5.74, 6) is 1.89. The van der Waals surface area contributed by atoms with Crippen LogP contribution in [0.15, 0.2) is 40.9 Å². The zero-order chi connectivity index (χ0) is 19.2. The molecule has 146 valence electrons. The number of hydrogen-bond donors (Lipinski definition) is 0. The van der Waals surface area contributed by atoms with E-state index in [2.05, 4.69) is 54.2 Å². The summed E-state index contributed by atoms with van der Waals surface area (Å²) in [4.78, 5) is 16.5. The van der Waals surface area contributed by atoms with Gasteiger partial charge < -0.3 is 9.42 Å². The molecule has 1 aromatic heterocycles. The summed E-state index contributed by atoms with van der Waals surface area (Å²) in [5, 5.41) is 3.99. The number of benzene rings is 1. The van der Waals surface area contributed by atoms with E-state index in [1.807, 2.05) is 7.05 Å². The lowest BCUT2D eigenvalue weighted by molar-refractivity contribution is 0.0768. The Bertz CT molecular complexity index is 718. The van der Waals surface area contributed by atoms with E-state index in [9.17, 15) is 4.79 Å². The Morgan fingerprint density at radius 1 is 1.26 bits per heavy atom. The zero-order valence-electron chi connectivity index (χ0n) is 16.7. The molecule has 0 aliphatic carbocycles. The summed E-state index contributed by atoms with van der Waals surface area (Å²) in [6.45, 7) is 7.77. The largest absolute Gasteiger partial charge is 0.359 e. The number of aromatic nitrogens is 1. The number of rotatable bonds is 7. The van der Waals surface area contributed by atoms with Gasteiger partial charge in [0.25, 0.3) is 5.91 Å². The molecule has 5 nitrogen and oxygen atoms in total. The highest BCUT2D eigenvalue weighted by Gasteiger charge is 2.22. The van der Waals surface area contributed by atoms with Crippen molar-refractivity contribution < 1.29 is 9.32 Å². The topological polar surface area (TPSA) is 49.6 Å². The Morgan fingerprint density at radius 2 is 1.96 bits per heavy atom. The van der Waals surface area contributed by atoms with Crippen molar-refractivity contribution in [2.75, 3.05) is 26.7 Å². The van der Waals surface area contributed by atoms with Gasteiger partial charge in [-0.3, -0.25) is 9.69 Å². The van der Waals surface area contributed by atoms with Crippen LogP contribution in [0.1, 0.15) is 48.5 Å². The van der Waals surface area contributed by atoms with E-state index in [4.69, 9.17) is 4.52 Å². The van der Waals surface area contributed by atoms with Crippen LogP contribution < -0.4 is 0 Å². The first-order valence-corrected chi connectivity index (χ1v) is 9.98. The van der Waals surface area contributed by atoms with Gasteiger partial charge in [0.1, 0.15) is 0 Å². The van der Waals surface area contributed by atoms with Gasteiger partial charge in [0.2, 0.25) is 0 Å². The van der Waals surface area contributed by atoms with Crippen molar-refractivity contribution in [3.8, 4) is 0 Å². The Hall–Kier alpha value is -2.14. The van der Waals surface area contributed by atoms with Gasteiger partial charge in [0.05, 0.1) is 6.54 Å². The molecule has 5 heteroatoms. The minimum absolute atomic E-state index is 0.0692. The molecule has 2 aromatic rings. The minimum Gasteiger partial charge on any atom is -0.359 e. The number of likely N-dealkylation sites (tertiary alicyclic amines) is 1. The number of carbonyl (C=O) groups excluding carboxylic acids is 1.